The van der Waals surface area contributed by atoms with Crippen molar-refractivity contribution in [3.05, 3.63) is 0 Å². The van der Waals surface area contributed by atoms with Crippen molar-refractivity contribution in [2.45, 2.75) is 52.1 Å². The van der Waals surface area contributed by atoms with Crippen LogP contribution in [0.2, 0.25) is 0 Å². The summed E-state index contributed by atoms with van der Waals surface area (Å²) in [5, 5.41) is 6.23. The molecule has 1 amide bonds. The van der Waals surface area contributed by atoms with Crippen molar-refractivity contribution in [1.82, 2.24) is 10.6 Å². The summed E-state index contributed by atoms with van der Waals surface area (Å²) in [5.74, 6) is 0.670. The fourth-order valence-electron chi connectivity index (χ4n) is 2.06. The summed E-state index contributed by atoms with van der Waals surface area (Å²) in [5.41, 5.74) is 0. The van der Waals surface area contributed by atoms with Crippen LogP contribution in [0.4, 0.5) is 0 Å². The molecule has 1 unspecified atom stereocenters. The van der Waals surface area contributed by atoms with Gasteiger partial charge in [0.15, 0.2) is 0 Å². The molecule has 1 saturated heterocycles. The third-order valence-electron chi connectivity index (χ3n) is 3.14. The maximum absolute atomic E-state index is 11.4. The molecule has 1 atom stereocenters. The second-order valence-corrected chi connectivity index (χ2v) is 5.48. The summed E-state index contributed by atoms with van der Waals surface area (Å²) in [6.45, 7) is 7.67. The van der Waals surface area contributed by atoms with Gasteiger partial charge in [-0.2, -0.15) is 0 Å². The monoisotopic (exact) mass is 256 g/mol. The molecule has 1 aliphatic heterocycles. The van der Waals surface area contributed by atoms with Gasteiger partial charge in [0.25, 0.3) is 0 Å². The first kappa shape index (κ1) is 15.4. The van der Waals surface area contributed by atoms with E-state index in [0.29, 0.717) is 18.4 Å². The van der Waals surface area contributed by atoms with Crippen LogP contribution in [0.15, 0.2) is 0 Å². The highest BCUT2D eigenvalue weighted by atomic mass is 16.5. The first-order chi connectivity index (χ1) is 8.68. The minimum atomic E-state index is 0.148. The molecule has 2 N–H and O–H groups in total. The number of hydrogen-bond acceptors (Lipinski definition) is 3. The van der Waals surface area contributed by atoms with Crippen molar-refractivity contribution in [2.24, 2.45) is 5.92 Å². The van der Waals surface area contributed by atoms with Gasteiger partial charge in [-0.3, -0.25) is 4.79 Å². The van der Waals surface area contributed by atoms with Crippen LogP contribution in [0.5, 0.6) is 0 Å². The first-order valence-electron chi connectivity index (χ1n) is 7.27. The Kier molecular flexibility index (Phi) is 8.01. The Hall–Kier alpha value is -0.610. The molecule has 4 nitrogen and oxygen atoms in total. The lowest BCUT2D eigenvalue weighted by Gasteiger charge is -2.10. The van der Waals surface area contributed by atoms with Crippen LogP contribution in [0.25, 0.3) is 0 Å². The average molecular weight is 256 g/mol. The maximum atomic E-state index is 11.4. The van der Waals surface area contributed by atoms with Crippen LogP contribution in [-0.4, -0.2) is 38.3 Å². The minimum Gasteiger partial charge on any atom is -0.378 e. The van der Waals surface area contributed by atoms with Crippen LogP contribution in [0.3, 0.4) is 0 Å². The lowest BCUT2D eigenvalue weighted by molar-refractivity contribution is -0.121. The smallest absolute Gasteiger partial charge is 0.221 e. The number of hydrogen-bond donors (Lipinski definition) is 2. The Morgan fingerprint density at radius 3 is 2.89 bits per heavy atom. The Morgan fingerprint density at radius 1 is 1.39 bits per heavy atom. The van der Waals surface area contributed by atoms with Crippen molar-refractivity contribution in [3.63, 3.8) is 0 Å². The summed E-state index contributed by atoms with van der Waals surface area (Å²) in [6, 6.07) is 0. The second-order valence-electron chi connectivity index (χ2n) is 5.48. The molecule has 1 fully saturated rings. The number of amides is 1. The normalized spacial score (nSPS) is 19.4. The molecular formula is C14H28N2O2. The van der Waals surface area contributed by atoms with E-state index in [1.165, 1.54) is 12.8 Å². The number of rotatable bonds is 9. The lowest BCUT2D eigenvalue weighted by atomic mass is 10.1. The van der Waals surface area contributed by atoms with Gasteiger partial charge in [-0.05, 0) is 38.1 Å². The molecule has 1 heterocycles. The molecule has 106 valence electrons. The zero-order chi connectivity index (χ0) is 13.2. The van der Waals surface area contributed by atoms with E-state index in [1.807, 2.05) is 0 Å². The van der Waals surface area contributed by atoms with Crippen molar-refractivity contribution in [1.29, 1.82) is 0 Å². The van der Waals surface area contributed by atoms with Crippen molar-refractivity contribution in [3.8, 4) is 0 Å². The van der Waals surface area contributed by atoms with Gasteiger partial charge < -0.3 is 15.4 Å². The predicted octanol–water partition coefficient (Wildman–Crippen LogP) is 1.70. The predicted molar refractivity (Wildman–Crippen MR) is 73.5 cm³/mol. The Morgan fingerprint density at radius 2 is 2.22 bits per heavy atom. The Labute approximate surface area is 111 Å². The van der Waals surface area contributed by atoms with Crippen molar-refractivity contribution in [2.75, 3.05) is 26.2 Å². The first-order valence-corrected chi connectivity index (χ1v) is 7.27. The average Bonchev–Trinajstić information content (AvgIpc) is 2.84. The molecule has 1 rings (SSSR count). The van der Waals surface area contributed by atoms with Crippen LogP contribution in [0, 0.1) is 5.92 Å². The fraction of sp³-hybridized carbons (Fsp3) is 0.929. The van der Waals surface area contributed by atoms with Gasteiger partial charge in [-0.1, -0.05) is 13.8 Å². The highest BCUT2D eigenvalue weighted by molar-refractivity contribution is 5.76. The molecule has 0 aromatic heterocycles. The van der Waals surface area contributed by atoms with Gasteiger partial charge in [-0.25, -0.2) is 0 Å². The van der Waals surface area contributed by atoms with E-state index in [0.717, 1.165) is 39.1 Å². The third-order valence-corrected chi connectivity index (χ3v) is 3.14. The molecule has 0 aromatic rings. The van der Waals surface area contributed by atoms with Gasteiger partial charge in [0, 0.05) is 26.1 Å². The number of carbonyl (C=O) groups is 1. The molecule has 18 heavy (non-hydrogen) atoms. The van der Waals surface area contributed by atoms with E-state index in [-0.39, 0.29) is 5.91 Å². The van der Waals surface area contributed by atoms with Gasteiger partial charge in [0.1, 0.15) is 0 Å². The molecule has 0 saturated carbocycles. The zero-order valence-electron chi connectivity index (χ0n) is 11.8. The van der Waals surface area contributed by atoms with Crippen LogP contribution >= 0.6 is 0 Å². The molecular weight excluding hydrogens is 228 g/mol. The van der Waals surface area contributed by atoms with Crippen molar-refractivity contribution < 1.29 is 9.53 Å². The quantitative estimate of drug-likeness (QED) is 0.617. The Balaban J connectivity index is 1.84. The molecule has 0 radical (unpaired) electrons. The minimum absolute atomic E-state index is 0.148. The van der Waals surface area contributed by atoms with Gasteiger partial charge >= 0.3 is 0 Å². The summed E-state index contributed by atoms with van der Waals surface area (Å²) >= 11 is 0. The molecule has 0 bridgehead atoms. The van der Waals surface area contributed by atoms with E-state index >= 15 is 0 Å². The highest BCUT2D eigenvalue weighted by Gasteiger charge is 2.14. The highest BCUT2D eigenvalue weighted by Crippen LogP contribution is 2.16. The van der Waals surface area contributed by atoms with Crippen molar-refractivity contribution >= 4 is 5.91 Å². The van der Waals surface area contributed by atoms with Gasteiger partial charge in [0.2, 0.25) is 5.91 Å². The van der Waals surface area contributed by atoms with E-state index in [2.05, 4.69) is 24.5 Å². The number of carbonyl (C=O) groups excluding carboxylic acids is 1. The lowest BCUT2D eigenvalue weighted by Crippen LogP contribution is -2.30. The summed E-state index contributed by atoms with van der Waals surface area (Å²) in [7, 11) is 0. The summed E-state index contributed by atoms with van der Waals surface area (Å²) in [6.07, 6.45) is 5.78. The summed E-state index contributed by atoms with van der Waals surface area (Å²) < 4.78 is 5.56. The Bertz CT molecular complexity index is 226. The SMILES string of the molecule is CC(C)CNC(=O)CCNCCCC1CCCO1. The largest absolute Gasteiger partial charge is 0.378 e. The van der Waals surface area contributed by atoms with E-state index in [1.54, 1.807) is 0 Å². The fourth-order valence-corrected chi connectivity index (χ4v) is 2.06. The maximum Gasteiger partial charge on any atom is 0.221 e. The third kappa shape index (κ3) is 7.67. The summed E-state index contributed by atoms with van der Waals surface area (Å²) in [4.78, 5) is 11.4. The zero-order valence-corrected chi connectivity index (χ0v) is 11.8. The molecule has 4 heteroatoms. The van der Waals surface area contributed by atoms with Gasteiger partial charge in [-0.15, -0.1) is 0 Å². The standard InChI is InChI=1S/C14H28N2O2/c1-12(2)11-16-14(17)7-9-15-8-3-5-13-6-4-10-18-13/h12-13,15H,3-11H2,1-2H3,(H,16,17). The topological polar surface area (TPSA) is 50.4 Å². The van der Waals surface area contributed by atoms with Crippen LogP contribution in [-0.2, 0) is 9.53 Å². The van der Waals surface area contributed by atoms with E-state index < -0.39 is 0 Å². The molecule has 1 aliphatic rings. The van der Waals surface area contributed by atoms with Gasteiger partial charge in [0.05, 0.1) is 6.10 Å². The van der Waals surface area contributed by atoms with Crippen LogP contribution < -0.4 is 10.6 Å². The molecule has 0 aliphatic carbocycles. The van der Waals surface area contributed by atoms with Crippen LogP contribution in [0.1, 0.15) is 46.0 Å². The van der Waals surface area contributed by atoms with E-state index in [9.17, 15) is 4.79 Å². The van der Waals surface area contributed by atoms with E-state index in [4.69, 9.17) is 4.74 Å². The second kappa shape index (κ2) is 9.34. The molecule has 0 aromatic carbocycles. The number of nitrogens with one attached hydrogen (secondary N) is 2. The molecule has 0 spiro atoms. The number of ether oxygens (including phenoxy) is 1.